The van der Waals surface area contributed by atoms with Gasteiger partial charge in [-0.25, -0.2) is 4.98 Å². The summed E-state index contributed by atoms with van der Waals surface area (Å²) >= 11 is 4.88. The molecule has 1 aromatic rings. The van der Waals surface area contributed by atoms with Crippen molar-refractivity contribution in [2.24, 2.45) is 0 Å². The molecule has 94 valence electrons. The standard InChI is InChI=1S/C10H15BBrNO3S/c1-9(2)10(3,4)16-11(15-9)6-7(12)17-8(13-6)14-5/h1-5H3. The van der Waals surface area contributed by atoms with E-state index < -0.39 is 7.12 Å². The predicted molar refractivity (Wildman–Crippen MR) is 72.1 cm³/mol. The van der Waals surface area contributed by atoms with E-state index in [1.54, 1.807) is 7.11 Å². The van der Waals surface area contributed by atoms with E-state index in [4.69, 9.17) is 14.0 Å². The summed E-state index contributed by atoms with van der Waals surface area (Å²) in [6.07, 6.45) is 0. The highest BCUT2D eigenvalue weighted by Crippen LogP contribution is 2.37. The Kier molecular flexibility index (Phi) is 3.31. The zero-order valence-corrected chi connectivity index (χ0v) is 12.9. The molecular formula is C10H15BBrNO3S. The van der Waals surface area contributed by atoms with Gasteiger partial charge in [0.05, 0.1) is 22.1 Å². The minimum atomic E-state index is -0.450. The first-order chi connectivity index (χ1) is 7.77. The molecule has 7 heteroatoms. The number of methoxy groups -OCH3 is 1. The van der Waals surface area contributed by atoms with Crippen LogP contribution in [0.4, 0.5) is 0 Å². The number of thiazole rings is 1. The lowest BCUT2D eigenvalue weighted by Crippen LogP contribution is -2.41. The lowest BCUT2D eigenvalue weighted by atomic mass is 9.86. The second-order valence-corrected chi connectivity index (χ2v) is 7.21. The number of ether oxygens (including phenoxy) is 1. The Morgan fingerprint density at radius 1 is 1.24 bits per heavy atom. The van der Waals surface area contributed by atoms with Gasteiger partial charge in [0.2, 0.25) is 0 Å². The van der Waals surface area contributed by atoms with E-state index in [2.05, 4.69) is 20.9 Å². The molecule has 17 heavy (non-hydrogen) atoms. The largest absolute Gasteiger partial charge is 0.516 e. The third kappa shape index (κ3) is 2.25. The van der Waals surface area contributed by atoms with Gasteiger partial charge >= 0.3 is 7.12 Å². The molecule has 1 saturated heterocycles. The molecule has 1 aliphatic heterocycles. The van der Waals surface area contributed by atoms with Crippen molar-refractivity contribution in [1.29, 1.82) is 0 Å². The van der Waals surface area contributed by atoms with Gasteiger partial charge < -0.3 is 14.0 Å². The van der Waals surface area contributed by atoms with Crippen LogP contribution in [-0.4, -0.2) is 30.4 Å². The predicted octanol–water partition coefficient (Wildman–Crippen LogP) is 2.21. The van der Waals surface area contributed by atoms with Gasteiger partial charge in [-0.2, -0.15) is 0 Å². The van der Waals surface area contributed by atoms with Gasteiger partial charge in [0.25, 0.3) is 5.19 Å². The smallest absolute Gasteiger partial charge is 0.473 e. The lowest BCUT2D eigenvalue weighted by Gasteiger charge is -2.32. The van der Waals surface area contributed by atoms with Gasteiger partial charge in [0.15, 0.2) is 0 Å². The zero-order valence-electron chi connectivity index (χ0n) is 10.5. The van der Waals surface area contributed by atoms with Crippen LogP contribution in [0.2, 0.25) is 0 Å². The average molecular weight is 320 g/mol. The van der Waals surface area contributed by atoms with E-state index in [1.807, 2.05) is 27.7 Å². The molecule has 2 heterocycles. The van der Waals surface area contributed by atoms with Crippen molar-refractivity contribution < 1.29 is 14.0 Å². The summed E-state index contributed by atoms with van der Waals surface area (Å²) in [6, 6.07) is 0. The van der Waals surface area contributed by atoms with E-state index in [0.29, 0.717) is 5.19 Å². The van der Waals surface area contributed by atoms with Gasteiger partial charge in [-0.1, -0.05) is 11.3 Å². The van der Waals surface area contributed by atoms with Crippen LogP contribution >= 0.6 is 27.3 Å². The first kappa shape index (κ1) is 13.3. The van der Waals surface area contributed by atoms with Crippen LogP contribution in [0, 0.1) is 0 Å². The Morgan fingerprint density at radius 2 is 1.76 bits per heavy atom. The molecular weight excluding hydrogens is 305 g/mol. The Hall–Kier alpha value is -0.105. The summed E-state index contributed by atoms with van der Waals surface area (Å²) in [5, 5.41) is 0.599. The number of halogens is 1. The molecule has 0 aromatic carbocycles. The maximum Gasteiger partial charge on any atom is 0.516 e. The molecule has 0 radical (unpaired) electrons. The molecule has 4 nitrogen and oxygen atoms in total. The van der Waals surface area contributed by atoms with Crippen LogP contribution in [0.25, 0.3) is 0 Å². The molecule has 0 amide bonds. The molecule has 1 aromatic heterocycles. The summed E-state index contributed by atoms with van der Waals surface area (Å²) in [5.74, 6) is 0. The summed E-state index contributed by atoms with van der Waals surface area (Å²) in [5.41, 5.74) is 0.0348. The van der Waals surface area contributed by atoms with E-state index >= 15 is 0 Å². The highest BCUT2D eigenvalue weighted by molar-refractivity contribution is 9.11. The van der Waals surface area contributed by atoms with E-state index in [0.717, 1.165) is 9.38 Å². The van der Waals surface area contributed by atoms with E-state index in [-0.39, 0.29) is 11.2 Å². The van der Waals surface area contributed by atoms with Gasteiger partial charge in [0, 0.05) is 0 Å². The van der Waals surface area contributed by atoms with Crippen molar-refractivity contribution in [3.05, 3.63) is 3.79 Å². The minimum Gasteiger partial charge on any atom is -0.473 e. The maximum atomic E-state index is 5.93. The molecule has 1 fully saturated rings. The maximum absolute atomic E-state index is 5.93. The van der Waals surface area contributed by atoms with Gasteiger partial charge in [0.1, 0.15) is 5.59 Å². The topological polar surface area (TPSA) is 40.6 Å². The third-order valence-corrected chi connectivity index (χ3v) is 4.95. The fraction of sp³-hybridized carbons (Fsp3) is 0.700. The van der Waals surface area contributed by atoms with Crippen LogP contribution in [0.3, 0.4) is 0 Å². The first-order valence-electron chi connectivity index (χ1n) is 5.33. The summed E-state index contributed by atoms with van der Waals surface area (Å²) in [6.45, 7) is 8.07. The summed E-state index contributed by atoms with van der Waals surface area (Å²) in [4.78, 5) is 4.34. The third-order valence-electron chi connectivity index (χ3n) is 3.24. The van der Waals surface area contributed by atoms with E-state index in [1.165, 1.54) is 11.3 Å². The Bertz CT molecular complexity index is 419. The molecule has 0 bridgehead atoms. The number of rotatable bonds is 2. The van der Waals surface area contributed by atoms with Crippen molar-refractivity contribution in [2.75, 3.05) is 7.11 Å². The van der Waals surface area contributed by atoms with Crippen LogP contribution < -0.4 is 10.3 Å². The number of nitrogens with zero attached hydrogens (tertiary/aromatic N) is 1. The van der Waals surface area contributed by atoms with Crippen LogP contribution in [0.15, 0.2) is 3.79 Å². The Labute approximate surface area is 114 Å². The summed E-state index contributed by atoms with van der Waals surface area (Å²) < 4.78 is 17.8. The first-order valence-corrected chi connectivity index (χ1v) is 6.93. The van der Waals surface area contributed by atoms with Crippen LogP contribution in [0.5, 0.6) is 5.19 Å². The molecule has 0 saturated carbocycles. The molecule has 0 N–H and O–H groups in total. The lowest BCUT2D eigenvalue weighted by molar-refractivity contribution is 0.00578. The normalized spacial score (nSPS) is 21.9. The molecule has 2 rings (SSSR count). The Morgan fingerprint density at radius 3 is 2.18 bits per heavy atom. The van der Waals surface area contributed by atoms with Crippen molar-refractivity contribution >= 4 is 40.0 Å². The quantitative estimate of drug-likeness (QED) is 0.784. The number of hydrogen-bond donors (Lipinski definition) is 0. The molecule has 0 atom stereocenters. The molecule has 1 aliphatic rings. The van der Waals surface area contributed by atoms with Crippen molar-refractivity contribution in [1.82, 2.24) is 4.98 Å². The van der Waals surface area contributed by atoms with Gasteiger partial charge in [-0.05, 0) is 43.6 Å². The average Bonchev–Trinajstić information content (AvgIpc) is 2.66. The van der Waals surface area contributed by atoms with Gasteiger partial charge in [-0.15, -0.1) is 0 Å². The van der Waals surface area contributed by atoms with Crippen molar-refractivity contribution in [2.45, 2.75) is 38.9 Å². The minimum absolute atomic E-state index is 0.353. The van der Waals surface area contributed by atoms with Crippen molar-refractivity contribution in [3.8, 4) is 5.19 Å². The monoisotopic (exact) mass is 319 g/mol. The van der Waals surface area contributed by atoms with Crippen LogP contribution in [-0.2, 0) is 9.31 Å². The Balaban J connectivity index is 2.28. The fourth-order valence-corrected chi connectivity index (χ4v) is 2.80. The molecule has 0 aliphatic carbocycles. The van der Waals surface area contributed by atoms with E-state index in [9.17, 15) is 0 Å². The molecule has 0 spiro atoms. The van der Waals surface area contributed by atoms with Crippen LogP contribution in [0.1, 0.15) is 27.7 Å². The second kappa shape index (κ2) is 4.22. The highest BCUT2D eigenvalue weighted by Gasteiger charge is 2.53. The fourth-order valence-electron chi connectivity index (χ4n) is 1.48. The SMILES string of the molecule is COc1nc(B2OC(C)(C)C(C)(C)O2)c(Br)s1. The summed E-state index contributed by atoms with van der Waals surface area (Å²) in [7, 11) is 1.15. The number of hydrogen-bond acceptors (Lipinski definition) is 5. The molecule has 0 unspecified atom stereocenters. The number of aromatic nitrogens is 1. The highest BCUT2D eigenvalue weighted by atomic mass is 79.9. The zero-order chi connectivity index (χ0) is 12.8. The second-order valence-electron chi connectivity index (χ2n) is 4.93. The van der Waals surface area contributed by atoms with Gasteiger partial charge in [-0.3, -0.25) is 0 Å². The van der Waals surface area contributed by atoms with Crippen molar-refractivity contribution in [3.63, 3.8) is 0 Å².